The van der Waals surface area contributed by atoms with Crippen molar-refractivity contribution in [2.45, 2.75) is 26.2 Å². The normalized spacial score (nSPS) is 16.6. The van der Waals surface area contributed by atoms with Crippen molar-refractivity contribution < 1.29 is 18.8 Å². The molecule has 1 heterocycles. The number of rotatable bonds is 4. The molecule has 0 aliphatic carbocycles. The number of imide groups is 1. The first-order valence-corrected chi connectivity index (χ1v) is 6.55. The van der Waals surface area contributed by atoms with Crippen LogP contribution in [-0.4, -0.2) is 29.0 Å². The number of Topliss-reactive ketones (excluding diaryl/α,β-unsaturated/α-hetero) is 1. The van der Waals surface area contributed by atoms with E-state index in [1.165, 1.54) is 24.3 Å². The molecule has 1 aliphatic rings. The molecule has 0 unspecified atom stereocenters. The van der Waals surface area contributed by atoms with Gasteiger partial charge in [0.15, 0.2) is 5.78 Å². The van der Waals surface area contributed by atoms with Crippen LogP contribution in [0.1, 0.15) is 25.3 Å². The van der Waals surface area contributed by atoms with Gasteiger partial charge in [0.25, 0.3) is 0 Å². The Balaban J connectivity index is 1.95. The van der Waals surface area contributed by atoms with Crippen LogP contribution >= 0.6 is 0 Å². The molecule has 0 spiro atoms. The van der Waals surface area contributed by atoms with Crippen molar-refractivity contribution in [2.24, 2.45) is 5.92 Å². The predicted octanol–water partition coefficient (Wildman–Crippen LogP) is 1.72. The lowest BCUT2D eigenvalue weighted by Crippen LogP contribution is -2.45. The summed E-state index contributed by atoms with van der Waals surface area (Å²) in [7, 11) is 0. The summed E-state index contributed by atoms with van der Waals surface area (Å²) in [6.07, 6.45) is 0.692. The molecule has 1 aromatic rings. The zero-order valence-electron chi connectivity index (χ0n) is 11.3. The number of piperidine rings is 1. The third-order valence-electron chi connectivity index (χ3n) is 3.30. The first-order chi connectivity index (χ1) is 9.45. The number of hydrogen-bond acceptors (Lipinski definition) is 3. The van der Waals surface area contributed by atoms with Crippen LogP contribution in [0.3, 0.4) is 0 Å². The molecule has 5 heteroatoms. The monoisotopic (exact) mass is 277 g/mol. The summed E-state index contributed by atoms with van der Waals surface area (Å²) in [4.78, 5) is 36.4. The summed E-state index contributed by atoms with van der Waals surface area (Å²) in [5.74, 6) is -1.13. The second kappa shape index (κ2) is 5.94. The third-order valence-corrected chi connectivity index (χ3v) is 3.30. The average Bonchev–Trinajstić information content (AvgIpc) is 2.36. The lowest BCUT2D eigenvalue weighted by atomic mass is 9.97. The second-order valence-electron chi connectivity index (χ2n) is 5.23. The van der Waals surface area contributed by atoms with Gasteiger partial charge in [0.05, 0.1) is 6.54 Å². The van der Waals surface area contributed by atoms with E-state index in [1.54, 1.807) is 0 Å². The van der Waals surface area contributed by atoms with Crippen molar-refractivity contribution in [3.63, 3.8) is 0 Å². The highest BCUT2D eigenvalue weighted by molar-refractivity contribution is 6.01. The number of nitrogens with zero attached hydrogens (tertiary/aromatic N) is 1. The number of halogens is 1. The van der Waals surface area contributed by atoms with Crippen molar-refractivity contribution in [1.82, 2.24) is 4.90 Å². The Hall–Kier alpha value is -2.04. The second-order valence-corrected chi connectivity index (χ2v) is 5.23. The molecule has 4 nitrogen and oxygen atoms in total. The van der Waals surface area contributed by atoms with Crippen molar-refractivity contribution >= 4 is 17.6 Å². The van der Waals surface area contributed by atoms with Gasteiger partial charge in [-0.3, -0.25) is 19.3 Å². The summed E-state index contributed by atoms with van der Waals surface area (Å²) < 4.78 is 12.8. The van der Waals surface area contributed by atoms with Crippen LogP contribution in [0.2, 0.25) is 0 Å². The van der Waals surface area contributed by atoms with Crippen LogP contribution in [0, 0.1) is 11.7 Å². The Labute approximate surface area is 116 Å². The van der Waals surface area contributed by atoms with Crippen molar-refractivity contribution in [2.75, 3.05) is 6.54 Å². The van der Waals surface area contributed by atoms with Gasteiger partial charge in [0.1, 0.15) is 5.82 Å². The molecule has 20 heavy (non-hydrogen) atoms. The molecule has 1 fully saturated rings. The summed E-state index contributed by atoms with van der Waals surface area (Å²) in [5.41, 5.74) is 0.668. The van der Waals surface area contributed by atoms with Crippen LogP contribution in [0.25, 0.3) is 0 Å². The molecule has 2 rings (SSSR count). The molecule has 0 N–H and O–H groups in total. The summed E-state index contributed by atoms with van der Waals surface area (Å²) in [5, 5.41) is 0. The SMILES string of the molecule is CC1CC(=O)N(CC(=O)Cc2ccc(F)cc2)C(=O)C1. The minimum absolute atomic E-state index is 0.0402. The highest BCUT2D eigenvalue weighted by Crippen LogP contribution is 2.18. The van der Waals surface area contributed by atoms with E-state index in [0.717, 1.165) is 4.90 Å². The third kappa shape index (κ3) is 3.50. The van der Waals surface area contributed by atoms with Gasteiger partial charge in [-0.05, 0) is 23.6 Å². The standard InChI is InChI=1S/C15H16FNO3/c1-10-6-14(19)17(15(20)7-10)9-13(18)8-11-2-4-12(16)5-3-11/h2-5,10H,6-9H2,1H3. The van der Waals surface area contributed by atoms with Crippen LogP contribution in [-0.2, 0) is 20.8 Å². The maximum absolute atomic E-state index is 12.8. The lowest BCUT2D eigenvalue weighted by molar-refractivity contribution is -0.152. The highest BCUT2D eigenvalue weighted by atomic mass is 19.1. The zero-order valence-corrected chi connectivity index (χ0v) is 11.3. The largest absolute Gasteiger partial charge is 0.297 e. The molecule has 1 saturated heterocycles. The Morgan fingerprint density at radius 2 is 1.75 bits per heavy atom. The van der Waals surface area contributed by atoms with E-state index in [-0.39, 0.29) is 42.3 Å². The zero-order chi connectivity index (χ0) is 14.7. The van der Waals surface area contributed by atoms with Crippen LogP contribution in [0.15, 0.2) is 24.3 Å². The van der Waals surface area contributed by atoms with E-state index in [4.69, 9.17) is 0 Å². The van der Waals surface area contributed by atoms with E-state index in [0.29, 0.717) is 18.4 Å². The molecule has 0 saturated carbocycles. The average molecular weight is 277 g/mol. The van der Waals surface area contributed by atoms with Gasteiger partial charge >= 0.3 is 0 Å². The van der Waals surface area contributed by atoms with Gasteiger partial charge < -0.3 is 0 Å². The molecule has 0 aromatic heterocycles. The molecule has 0 atom stereocenters. The fourth-order valence-corrected chi connectivity index (χ4v) is 2.27. The minimum atomic E-state index is -0.364. The van der Waals surface area contributed by atoms with Gasteiger partial charge in [-0.2, -0.15) is 0 Å². The molecule has 1 aliphatic heterocycles. The van der Waals surface area contributed by atoms with Crippen LogP contribution < -0.4 is 0 Å². The Morgan fingerprint density at radius 1 is 1.20 bits per heavy atom. The predicted molar refractivity (Wildman–Crippen MR) is 70.2 cm³/mol. The first kappa shape index (κ1) is 14.4. The molecule has 0 bridgehead atoms. The lowest BCUT2D eigenvalue weighted by Gasteiger charge is -2.27. The molecule has 1 aromatic carbocycles. The number of carbonyl (C=O) groups is 3. The van der Waals surface area contributed by atoms with Gasteiger partial charge in [-0.25, -0.2) is 4.39 Å². The maximum Gasteiger partial charge on any atom is 0.229 e. The van der Waals surface area contributed by atoms with Gasteiger partial charge in [-0.15, -0.1) is 0 Å². The van der Waals surface area contributed by atoms with Crippen molar-refractivity contribution in [3.05, 3.63) is 35.6 Å². The van der Waals surface area contributed by atoms with E-state index < -0.39 is 0 Å². The fourth-order valence-electron chi connectivity index (χ4n) is 2.27. The van der Waals surface area contributed by atoms with E-state index in [9.17, 15) is 18.8 Å². The van der Waals surface area contributed by atoms with E-state index in [2.05, 4.69) is 0 Å². The number of likely N-dealkylation sites (tertiary alicyclic amines) is 1. The van der Waals surface area contributed by atoms with Gasteiger partial charge in [0, 0.05) is 19.3 Å². The molecular formula is C15H16FNO3. The van der Waals surface area contributed by atoms with E-state index in [1.807, 2.05) is 6.92 Å². The fraction of sp³-hybridized carbons (Fsp3) is 0.400. The molecular weight excluding hydrogens is 261 g/mol. The first-order valence-electron chi connectivity index (χ1n) is 6.55. The number of carbonyl (C=O) groups excluding carboxylic acids is 3. The van der Waals surface area contributed by atoms with Gasteiger partial charge in [0.2, 0.25) is 11.8 Å². The Kier molecular flexibility index (Phi) is 4.27. The number of amides is 2. The smallest absolute Gasteiger partial charge is 0.229 e. The quantitative estimate of drug-likeness (QED) is 0.787. The maximum atomic E-state index is 12.8. The van der Waals surface area contributed by atoms with Crippen LogP contribution in [0.5, 0.6) is 0 Å². The molecule has 2 amide bonds. The van der Waals surface area contributed by atoms with Crippen LogP contribution in [0.4, 0.5) is 4.39 Å². The Morgan fingerprint density at radius 3 is 2.30 bits per heavy atom. The molecule has 106 valence electrons. The Bertz CT molecular complexity index is 521. The van der Waals surface area contributed by atoms with Gasteiger partial charge in [-0.1, -0.05) is 19.1 Å². The topological polar surface area (TPSA) is 54.5 Å². The summed E-state index contributed by atoms with van der Waals surface area (Å²) in [6.45, 7) is 1.65. The summed E-state index contributed by atoms with van der Waals surface area (Å²) >= 11 is 0. The van der Waals surface area contributed by atoms with Crippen molar-refractivity contribution in [1.29, 1.82) is 0 Å². The highest BCUT2D eigenvalue weighted by Gasteiger charge is 2.31. The number of benzene rings is 1. The molecule has 0 radical (unpaired) electrons. The number of hydrogen-bond donors (Lipinski definition) is 0. The van der Waals surface area contributed by atoms with E-state index >= 15 is 0 Å². The summed E-state index contributed by atoms with van der Waals surface area (Å²) in [6, 6.07) is 5.60. The minimum Gasteiger partial charge on any atom is -0.297 e. The number of ketones is 1. The van der Waals surface area contributed by atoms with Crippen molar-refractivity contribution in [3.8, 4) is 0 Å².